The average molecular weight is 143 g/mol. The van der Waals surface area contributed by atoms with E-state index >= 15 is 0 Å². The predicted molar refractivity (Wildman–Crippen MR) is 28.4 cm³/mol. The highest BCUT2D eigenvalue weighted by Gasteiger charge is 2.31. The third-order valence-electron chi connectivity index (χ3n) is 0.710. The van der Waals surface area contributed by atoms with Crippen molar-refractivity contribution in [2.45, 2.75) is 12.9 Å². The maximum absolute atomic E-state index is 10.3. The summed E-state index contributed by atoms with van der Waals surface area (Å²) in [7, 11) is 0. The molecule has 7 nitrogen and oxygen atoms in total. The molecule has 0 unspecified atom stereocenters. The second-order valence-corrected chi connectivity index (χ2v) is 1.63. The van der Waals surface area contributed by atoms with E-state index in [4.69, 9.17) is 5.73 Å². The van der Waals surface area contributed by atoms with Gasteiger partial charge in [-0.3, -0.25) is 4.79 Å². The molecule has 0 aromatic heterocycles. The molecule has 0 atom stereocenters. The van der Waals surface area contributed by atoms with Crippen LogP contribution >= 0.6 is 0 Å². The van der Waals surface area contributed by atoms with E-state index in [-0.39, 0.29) is 0 Å². The van der Waals surface area contributed by atoms with Crippen molar-refractivity contribution in [1.29, 1.82) is 0 Å². The topological polar surface area (TPSA) is 102 Å². The molecule has 1 aliphatic heterocycles. The van der Waals surface area contributed by atoms with Gasteiger partial charge >= 0.3 is 11.9 Å². The second-order valence-electron chi connectivity index (χ2n) is 1.63. The number of nitrogens with zero attached hydrogens (tertiary/aromatic N) is 4. The number of hydrogen-bond donors (Lipinski definition) is 1. The zero-order valence-electron chi connectivity index (χ0n) is 5.18. The van der Waals surface area contributed by atoms with Crippen molar-refractivity contribution in [3.05, 3.63) is 0 Å². The van der Waals surface area contributed by atoms with Gasteiger partial charge in [-0.05, 0) is 10.4 Å². The second kappa shape index (κ2) is 2.10. The molecule has 0 spiro atoms. The van der Waals surface area contributed by atoms with Gasteiger partial charge in [0, 0.05) is 6.92 Å². The lowest BCUT2D eigenvalue weighted by atomic mass is 10.7. The summed E-state index contributed by atoms with van der Waals surface area (Å²) in [6, 6.07) is 0. The lowest BCUT2D eigenvalue weighted by molar-refractivity contribution is -0.155. The van der Waals surface area contributed by atoms with Crippen LogP contribution in [0.3, 0.4) is 0 Å². The number of nitrogens with two attached hydrogens (primary N) is 1. The lowest BCUT2D eigenvalue weighted by Crippen LogP contribution is -2.38. The van der Waals surface area contributed by atoms with Crippen molar-refractivity contribution >= 4 is 5.97 Å². The van der Waals surface area contributed by atoms with Gasteiger partial charge in [-0.2, -0.15) is 0 Å². The molecular formula is C3H5N5O2. The molecule has 0 aliphatic carbocycles. The Morgan fingerprint density at radius 1 is 1.50 bits per heavy atom. The average Bonchev–Trinajstić information content (AvgIpc) is 2.12. The minimum atomic E-state index is -1.72. The van der Waals surface area contributed by atoms with Crippen molar-refractivity contribution in [3.63, 3.8) is 0 Å². The van der Waals surface area contributed by atoms with Crippen LogP contribution in [0.25, 0.3) is 0 Å². The Labute approximate surface area is 55.9 Å². The summed E-state index contributed by atoms with van der Waals surface area (Å²) in [5.74, 6) is -2.30. The highest BCUT2D eigenvalue weighted by Crippen LogP contribution is 2.14. The minimum absolute atomic E-state index is 0.581. The van der Waals surface area contributed by atoms with Crippen LogP contribution in [0.15, 0.2) is 20.7 Å². The number of carbonyl (C=O) groups excluding carboxylic acids is 1. The Kier molecular flexibility index (Phi) is 1.42. The molecule has 0 saturated heterocycles. The minimum Gasteiger partial charge on any atom is -0.401 e. The van der Waals surface area contributed by atoms with Crippen LogP contribution in [0.1, 0.15) is 6.92 Å². The van der Waals surface area contributed by atoms with Crippen LogP contribution in [0.4, 0.5) is 0 Å². The Balaban J connectivity index is 2.62. The maximum atomic E-state index is 10.3. The van der Waals surface area contributed by atoms with Crippen molar-refractivity contribution in [2.24, 2.45) is 26.4 Å². The molecule has 1 heterocycles. The van der Waals surface area contributed by atoms with Gasteiger partial charge in [0.15, 0.2) is 0 Å². The van der Waals surface area contributed by atoms with Gasteiger partial charge in [0.1, 0.15) is 0 Å². The molecule has 2 N–H and O–H groups in total. The summed E-state index contributed by atoms with van der Waals surface area (Å²) < 4.78 is 4.42. The fourth-order valence-electron chi connectivity index (χ4n) is 0.441. The third kappa shape index (κ3) is 1.32. The Morgan fingerprint density at radius 3 is 2.40 bits per heavy atom. The molecule has 0 amide bonds. The SMILES string of the molecule is CC(=O)OC1(N)N=NN=N1. The first kappa shape index (κ1) is 6.75. The molecule has 0 aromatic carbocycles. The van der Waals surface area contributed by atoms with Gasteiger partial charge in [0.25, 0.3) is 0 Å². The van der Waals surface area contributed by atoms with Gasteiger partial charge in [-0.25, -0.2) is 5.73 Å². The maximum Gasteiger partial charge on any atom is 0.402 e. The molecule has 54 valence electrons. The number of hydrogen-bond acceptors (Lipinski definition) is 7. The van der Waals surface area contributed by atoms with Crippen LogP contribution in [-0.4, -0.2) is 11.9 Å². The van der Waals surface area contributed by atoms with Crippen molar-refractivity contribution < 1.29 is 9.53 Å². The first-order valence-corrected chi connectivity index (χ1v) is 2.45. The first-order valence-electron chi connectivity index (χ1n) is 2.45. The molecular weight excluding hydrogens is 138 g/mol. The van der Waals surface area contributed by atoms with Crippen LogP contribution in [0.2, 0.25) is 0 Å². The molecule has 0 radical (unpaired) electrons. The van der Waals surface area contributed by atoms with Gasteiger partial charge in [-0.15, -0.1) is 0 Å². The standard InChI is InChI=1S/C3H5N5O2/c1-2(9)10-3(4)5-7-8-6-3/h4H2,1H3. The van der Waals surface area contributed by atoms with Gasteiger partial charge in [0.2, 0.25) is 0 Å². The molecule has 0 aromatic rings. The van der Waals surface area contributed by atoms with E-state index in [0.29, 0.717) is 0 Å². The Hall–Kier alpha value is -1.37. The molecule has 0 bridgehead atoms. The monoisotopic (exact) mass is 143 g/mol. The number of rotatable bonds is 1. The lowest BCUT2D eigenvalue weighted by Gasteiger charge is -2.11. The van der Waals surface area contributed by atoms with Crippen molar-refractivity contribution in [2.75, 3.05) is 0 Å². The summed E-state index contributed by atoms with van der Waals surface area (Å²) in [5, 5.41) is 12.6. The molecule has 1 aliphatic rings. The summed E-state index contributed by atoms with van der Waals surface area (Å²) in [6.45, 7) is 1.19. The van der Waals surface area contributed by atoms with Crippen molar-refractivity contribution in [3.8, 4) is 0 Å². The third-order valence-corrected chi connectivity index (χ3v) is 0.710. The molecule has 7 heteroatoms. The summed E-state index contributed by atoms with van der Waals surface area (Å²) in [6.07, 6.45) is 0. The first-order chi connectivity index (χ1) is 4.62. The largest absolute Gasteiger partial charge is 0.402 e. The van der Waals surface area contributed by atoms with Crippen LogP contribution in [0.5, 0.6) is 0 Å². The molecule has 1 rings (SSSR count). The Morgan fingerprint density at radius 2 is 2.00 bits per heavy atom. The van der Waals surface area contributed by atoms with Gasteiger partial charge in [0.05, 0.1) is 0 Å². The van der Waals surface area contributed by atoms with Crippen LogP contribution in [-0.2, 0) is 9.53 Å². The molecule has 10 heavy (non-hydrogen) atoms. The van der Waals surface area contributed by atoms with E-state index in [1.165, 1.54) is 6.92 Å². The van der Waals surface area contributed by atoms with E-state index in [0.717, 1.165) is 0 Å². The Bertz CT molecular complexity index is 197. The normalized spacial score (nSPS) is 19.4. The van der Waals surface area contributed by atoms with Gasteiger partial charge in [-0.1, -0.05) is 10.2 Å². The summed E-state index contributed by atoms with van der Waals surface area (Å²) in [5.41, 5.74) is 5.20. The van der Waals surface area contributed by atoms with Crippen molar-refractivity contribution in [1.82, 2.24) is 0 Å². The number of ether oxygens (including phenoxy) is 1. The zero-order chi connectivity index (χ0) is 7.61. The van der Waals surface area contributed by atoms with Gasteiger partial charge < -0.3 is 4.74 Å². The predicted octanol–water partition coefficient (Wildman–Crippen LogP) is -0.0475. The highest BCUT2D eigenvalue weighted by molar-refractivity contribution is 5.66. The van der Waals surface area contributed by atoms with Crippen LogP contribution < -0.4 is 5.73 Å². The van der Waals surface area contributed by atoms with E-state index in [9.17, 15) is 4.79 Å². The summed E-state index contributed by atoms with van der Waals surface area (Å²) >= 11 is 0. The summed E-state index contributed by atoms with van der Waals surface area (Å²) in [4.78, 5) is 10.3. The number of carbonyl (C=O) groups is 1. The van der Waals surface area contributed by atoms with E-state index in [1.807, 2.05) is 0 Å². The number of esters is 1. The van der Waals surface area contributed by atoms with E-state index in [1.54, 1.807) is 0 Å². The molecule has 0 fully saturated rings. The quantitative estimate of drug-likeness (QED) is 0.411. The zero-order valence-corrected chi connectivity index (χ0v) is 5.18. The fraction of sp³-hybridized carbons (Fsp3) is 0.667. The fourth-order valence-corrected chi connectivity index (χ4v) is 0.441. The van der Waals surface area contributed by atoms with Crippen LogP contribution in [0, 0.1) is 0 Å². The van der Waals surface area contributed by atoms with E-state index in [2.05, 4.69) is 25.4 Å². The molecule has 0 saturated carbocycles. The van der Waals surface area contributed by atoms with E-state index < -0.39 is 11.9 Å². The highest BCUT2D eigenvalue weighted by atomic mass is 16.6. The smallest absolute Gasteiger partial charge is 0.401 e.